The van der Waals surface area contributed by atoms with Gasteiger partial charge in [-0.15, -0.1) is 0 Å². The van der Waals surface area contributed by atoms with Crippen molar-refractivity contribution in [1.29, 1.82) is 0 Å². The highest BCUT2D eigenvalue weighted by Crippen LogP contribution is 2.17. The van der Waals surface area contributed by atoms with Crippen LogP contribution in [0.1, 0.15) is 36.5 Å². The van der Waals surface area contributed by atoms with Gasteiger partial charge in [0, 0.05) is 45.2 Å². The average molecular weight is 395 g/mol. The first kappa shape index (κ1) is 20.7. The van der Waals surface area contributed by atoms with E-state index in [9.17, 15) is 4.79 Å². The molecule has 0 radical (unpaired) electrons. The summed E-state index contributed by atoms with van der Waals surface area (Å²) in [5, 5.41) is 6.67. The summed E-state index contributed by atoms with van der Waals surface area (Å²) in [5.41, 5.74) is 3.43. The average Bonchev–Trinajstić information content (AvgIpc) is 3.15. The van der Waals surface area contributed by atoms with Gasteiger partial charge in [-0.2, -0.15) is 0 Å². The lowest BCUT2D eigenvalue weighted by Gasteiger charge is -2.16. The van der Waals surface area contributed by atoms with Crippen LogP contribution in [0.4, 0.5) is 0 Å². The Morgan fingerprint density at radius 3 is 2.48 bits per heavy atom. The molecule has 1 aliphatic heterocycles. The summed E-state index contributed by atoms with van der Waals surface area (Å²) >= 11 is 0. The maximum Gasteiger partial charge on any atom is 0.222 e. The molecular weight excluding hydrogens is 364 g/mol. The van der Waals surface area contributed by atoms with Crippen molar-refractivity contribution in [2.24, 2.45) is 4.99 Å². The van der Waals surface area contributed by atoms with Gasteiger partial charge in [0.2, 0.25) is 5.91 Å². The SMILES string of the molecule is CCOc1ccccc1CNC(=NC)NCc1ccc(CN2CCCC2=O)cc1. The minimum Gasteiger partial charge on any atom is -0.494 e. The molecule has 1 heterocycles. The monoisotopic (exact) mass is 394 g/mol. The third-order valence-corrected chi connectivity index (χ3v) is 4.97. The number of guanidine groups is 1. The third-order valence-electron chi connectivity index (χ3n) is 4.97. The molecule has 29 heavy (non-hydrogen) atoms. The molecule has 6 heteroatoms. The van der Waals surface area contributed by atoms with E-state index in [-0.39, 0.29) is 5.91 Å². The van der Waals surface area contributed by atoms with Gasteiger partial charge in [0.05, 0.1) is 6.61 Å². The molecule has 3 rings (SSSR count). The number of nitrogens with zero attached hydrogens (tertiary/aromatic N) is 2. The van der Waals surface area contributed by atoms with Crippen LogP contribution >= 0.6 is 0 Å². The van der Waals surface area contributed by atoms with Crippen LogP contribution in [-0.4, -0.2) is 37.0 Å². The van der Waals surface area contributed by atoms with Gasteiger partial charge in [0.15, 0.2) is 5.96 Å². The summed E-state index contributed by atoms with van der Waals surface area (Å²) in [5.74, 6) is 1.89. The second kappa shape index (κ2) is 10.5. The molecule has 0 bridgehead atoms. The number of hydrogen-bond acceptors (Lipinski definition) is 3. The zero-order valence-electron chi connectivity index (χ0n) is 17.3. The highest BCUT2D eigenvalue weighted by Gasteiger charge is 2.19. The van der Waals surface area contributed by atoms with Crippen LogP contribution in [0.2, 0.25) is 0 Å². The Balaban J connectivity index is 1.48. The Morgan fingerprint density at radius 2 is 1.79 bits per heavy atom. The predicted molar refractivity (Wildman–Crippen MR) is 116 cm³/mol. The van der Waals surface area contributed by atoms with Gasteiger partial charge in [0.1, 0.15) is 5.75 Å². The van der Waals surface area contributed by atoms with Gasteiger partial charge in [-0.3, -0.25) is 9.79 Å². The first-order chi connectivity index (χ1) is 14.2. The molecule has 0 saturated carbocycles. The number of para-hydroxylation sites is 1. The molecule has 0 spiro atoms. The maximum atomic E-state index is 11.8. The van der Waals surface area contributed by atoms with Crippen LogP contribution in [0.5, 0.6) is 5.75 Å². The molecule has 1 aliphatic rings. The van der Waals surface area contributed by atoms with Crippen LogP contribution < -0.4 is 15.4 Å². The number of carbonyl (C=O) groups is 1. The fourth-order valence-corrected chi connectivity index (χ4v) is 3.39. The molecule has 2 N–H and O–H groups in total. The lowest BCUT2D eigenvalue weighted by Crippen LogP contribution is -2.36. The topological polar surface area (TPSA) is 66.0 Å². The number of aliphatic imine (C=N–C) groups is 1. The van der Waals surface area contributed by atoms with Crippen molar-refractivity contribution in [2.75, 3.05) is 20.2 Å². The van der Waals surface area contributed by atoms with Gasteiger partial charge in [0.25, 0.3) is 0 Å². The normalized spacial score (nSPS) is 14.2. The summed E-state index contributed by atoms with van der Waals surface area (Å²) in [6.45, 7) is 5.52. The molecule has 2 aromatic rings. The Hall–Kier alpha value is -3.02. The molecule has 0 unspecified atom stereocenters. The molecule has 0 aromatic heterocycles. The molecule has 0 atom stereocenters. The van der Waals surface area contributed by atoms with E-state index in [1.807, 2.05) is 30.0 Å². The number of rotatable bonds is 8. The quantitative estimate of drug-likeness (QED) is 0.533. The smallest absolute Gasteiger partial charge is 0.222 e. The number of carbonyl (C=O) groups excluding carboxylic acids is 1. The fraction of sp³-hybridized carbons (Fsp3) is 0.391. The summed E-state index contributed by atoms with van der Waals surface area (Å²) in [6, 6.07) is 16.4. The summed E-state index contributed by atoms with van der Waals surface area (Å²) < 4.78 is 5.67. The summed E-state index contributed by atoms with van der Waals surface area (Å²) in [6.07, 6.45) is 1.66. The number of likely N-dealkylation sites (tertiary alicyclic amines) is 1. The Labute approximate surface area is 173 Å². The Bertz CT molecular complexity index is 833. The van der Waals surface area contributed by atoms with Crippen molar-refractivity contribution in [2.45, 2.75) is 39.4 Å². The first-order valence-electron chi connectivity index (χ1n) is 10.2. The number of benzene rings is 2. The standard InChI is InChI=1S/C23H30N4O2/c1-3-29-21-8-5-4-7-20(21)16-26-23(24-2)25-15-18-10-12-19(13-11-18)17-27-14-6-9-22(27)28/h4-5,7-8,10-13H,3,6,9,14-17H2,1-2H3,(H2,24,25,26). The zero-order chi connectivity index (χ0) is 20.5. The van der Waals surface area contributed by atoms with Gasteiger partial charge in [-0.1, -0.05) is 42.5 Å². The minimum atomic E-state index is 0.261. The van der Waals surface area contributed by atoms with Crippen LogP contribution in [0.25, 0.3) is 0 Å². The first-order valence-corrected chi connectivity index (χ1v) is 10.2. The highest BCUT2D eigenvalue weighted by atomic mass is 16.5. The zero-order valence-corrected chi connectivity index (χ0v) is 17.3. The number of hydrogen-bond donors (Lipinski definition) is 2. The second-order valence-electron chi connectivity index (χ2n) is 7.06. The molecule has 6 nitrogen and oxygen atoms in total. The summed E-state index contributed by atoms with van der Waals surface area (Å²) in [4.78, 5) is 18.0. The fourth-order valence-electron chi connectivity index (χ4n) is 3.39. The molecule has 2 aromatic carbocycles. The van der Waals surface area contributed by atoms with Crippen LogP contribution in [0.15, 0.2) is 53.5 Å². The molecule has 1 saturated heterocycles. The van der Waals surface area contributed by atoms with E-state index >= 15 is 0 Å². The van der Waals surface area contributed by atoms with E-state index in [0.29, 0.717) is 32.7 Å². The number of amides is 1. The van der Waals surface area contributed by atoms with Gasteiger partial charge in [-0.25, -0.2) is 0 Å². The van der Waals surface area contributed by atoms with Crippen molar-refractivity contribution in [3.63, 3.8) is 0 Å². The molecule has 1 amide bonds. The van der Waals surface area contributed by atoms with E-state index in [0.717, 1.165) is 30.2 Å². The van der Waals surface area contributed by atoms with E-state index in [1.54, 1.807) is 7.05 Å². The molecule has 154 valence electrons. The van der Waals surface area contributed by atoms with Crippen LogP contribution in [0.3, 0.4) is 0 Å². The minimum absolute atomic E-state index is 0.261. The van der Waals surface area contributed by atoms with E-state index in [1.165, 1.54) is 11.1 Å². The predicted octanol–water partition coefficient (Wildman–Crippen LogP) is 3.07. The van der Waals surface area contributed by atoms with Gasteiger partial charge >= 0.3 is 0 Å². The van der Waals surface area contributed by atoms with E-state index in [2.05, 4.69) is 46.0 Å². The third kappa shape index (κ3) is 5.98. The number of nitrogens with one attached hydrogen (secondary N) is 2. The van der Waals surface area contributed by atoms with Crippen LogP contribution in [-0.2, 0) is 24.4 Å². The van der Waals surface area contributed by atoms with Gasteiger partial charge in [-0.05, 0) is 30.5 Å². The molecular formula is C23H30N4O2. The van der Waals surface area contributed by atoms with Crippen molar-refractivity contribution >= 4 is 11.9 Å². The lowest BCUT2D eigenvalue weighted by atomic mass is 10.1. The van der Waals surface area contributed by atoms with Crippen molar-refractivity contribution in [3.05, 3.63) is 65.2 Å². The lowest BCUT2D eigenvalue weighted by molar-refractivity contribution is -0.128. The summed E-state index contributed by atoms with van der Waals surface area (Å²) in [7, 11) is 1.76. The van der Waals surface area contributed by atoms with E-state index < -0.39 is 0 Å². The van der Waals surface area contributed by atoms with Crippen molar-refractivity contribution in [1.82, 2.24) is 15.5 Å². The second-order valence-corrected chi connectivity index (χ2v) is 7.06. The van der Waals surface area contributed by atoms with Crippen LogP contribution in [0, 0.1) is 0 Å². The Morgan fingerprint density at radius 1 is 1.07 bits per heavy atom. The van der Waals surface area contributed by atoms with Crippen molar-refractivity contribution in [3.8, 4) is 5.75 Å². The molecule has 0 aliphatic carbocycles. The maximum absolute atomic E-state index is 11.8. The number of ether oxygens (including phenoxy) is 1. The molecule has 1 fully saturated rings. The van der Waals surface area contributed by atoms with Crippen molar-refractivity contribution < 1.29 is 9.53 Å². The highest BCUT2D eigenvalue weighted by molar-refractivity contribution is 5.79. The largest absolute Gasteiger partial charge is 0.494 e. The van der Waals surface area contributed by atoms with Gasteiger partial charge < -0.3 is 20.3 Å². The Kier molecular flexibility index (Phi) is 7.50. The van der Waals surface area contributed by atoms with E-state index in [4.69, 9.17) is 4.74 Å².